The summed E-state index contributed by atoms with van der Waals surface area (Å²) in [5, 5.41) is 17.4. The highest BCUT2D eigenvalue weighted by atomic mass is 16.5. The van der Waals surface area contributed by atoms with Gasteiger partial charge in [0, 0.05) is 23.7 Å². The number of fused-ring (bicyclic) bond motifs is 1. The minimum atomic E-state index is -0.871. The molecule has 4 rings (SSSR count). The number of nitrogens with one attached hydrogen (secondary N) is 1. The quantitative estimate of drug-likeness (QED) is 0.368. The number of hydrogen-bond donors (Lipinski definition) is 2. The first-order valence-corrected chi connectivity index (χ1v) is 10.8. The number of carboxylic acids is 1. The van der Waals surface area contributed by atoms with Crippen molar-refractivity contribution in [1.29, 1.82) is 0 Å². The first-order valence-electron chi connectivity index (χ1n) is 10.8. The third kappa shape index (κ3) is 5.58. The van der Waals surface area contributed by atoms with Crippen molar-refractivity contribution in [2.75, 3.05) is 0 Å². The molecule has 0 spiro atoms. The molecule has 6 nitrogen and oxygen atoms in total. The zero-order valence-corrected chi connectivity index (χ0v) is 18.6. The highest BCUT2D eigenvalue weighted by Gasteiger charge is 2.17. The minimum Gasteiger partial charge on any atom is -0.485 e. The van der Waals surface area contributed by atoms with E-state index in [2.05, 4.69) is 45.2 Å². The molecule has 0 radical (unpaired) electrons. The topological polar surface area (TPSA) is 88.1 Å². The van der Waals surface area contributed by atoms with Crippen molar-refractivity contribution < 1.29 is 14.6 Å². The van der Waals surface area contributed by atoms with Crippen LogP contribution in [0.4, 0.5) is 0 Å². The van der Waals surface area contributed by atoms with Gasteiger partial charge in [0.25, 0.3) is 0 Å². The molecule has 0 saturated heterocycles. The van der Waals surface area contributed by atoms with Crippen molar-refractivity contribution in [2.45, 2.75) is 38.7 Å². The fourth-order valence-electron chi connectivity index (χ4n) is 3.76. The van der Waals surface area contributed by atoms with Gasteiger partial charge in [-0.15, -0.1) is 5.92 Å². The molecular formula is C27H25N3O3. The number of H-pyrrole nitrogens is 1. The smallest absolute Gasteiger partial charge is 0.304 e. The summed E-state index contributed by atoms with van der Waals surface area (Å²) in [6.45, 7) is 3.68. The maximum absolute atomic E-state index is 11.2. The zero-order chi connectivity index (χ0) is 23.2. The fourth-order valence-corrected chi connectivity index (χ4v) is 3.76. The number of rotatable bonds is 8. The molecule has 166 valence electrons. The molecule has 0 aliphatic heterocycles. The lowest BCUT2D eigenvalue weighted by atomic mass is 9.96. The standard InChI is InChI=1S/C27H25N3O3/c1-3-4-21(15-27(31)32)20-9-11-24(12-10-20)33-26(13-19-6-5-18(2)28-16-19)22-7-8-23-17-29-30-25(23)14-22/h5-12,14,16-17,21,26H,13,15H2,1-2H3,(H,29,30)(H,31,32). The number of aryl methyl sites for hydroxylation is 1. The van der Waals surface area contributed by atoms with Crippen molar-refractivity contribution in [3.8, 4) is 17.6 Å². The number of ether oxygens (including phenoxy) is 1. The lowest BCUT2D eigenvalue weighted by Crippen LogP contribution is -2.11. The molecule has 6 heteroatoms. The monoisotopic (exact) mass is 439 g/mol. The molecule has 2 N–H and O–H groups in total. The van der Waals surface area contributed by atoms with Crippen LogP contribution in [0.15, 0.2) is 67.0 Å². The van der Waals surface area contributed by atoms with E-state index in [0.29, 0.717) is 12.2 Å². The van der Waals surface area contributed by atoms with Gasteiger partial charge in [0.1, 0.15) is 11.9 Å². The molecule has 0 aliphatic rings. The molecule has 0 saturated carbocycles. The van der Waals surface area contributed by atoms with Gasteiger partial charge in [-0.2, -0.15) is 5.10 Å². The van der Waals surface area contributed by atoms with Gasteiger partial charge in [-0.1, -0.05) is 36.3 Å². The van der Waals surface area contributed by atoms with E-state index < -0.39 is 5.97 Å². The van der Waals surface area contributed by atoms with Crippen molar-refractivity contribution in [1.82, 2.24) is 15.2 Å². The largest absolute Gasteiger partial charge is 0.485 e. The van der Waals surface area contributed by atoms with Gasteiger partial charge in [0.2, 0.25) is 0 Å². The summed E-state index contributed by atoms with van der Waals surface area (Å²) in [7, 11) is 0. The second kappa shape index (κ2) is 10.0. The van der Waals surface area contributed by atoms with E-state index in [1.807, 2.05) is 49.5 Å². The highest BCUT2D eigenvalue weighted by Crippen LogP contribution is 2.29. The lowest BCUT2D eigenvalue weighted by Gasteiger charge is -2.20. The van der Waals surface area contributed by atoms with Gasteiger partial charge in [0.15, 0.2) is 0 Å². The number of benzene rings is 2. The van der Waals surface area contributed by atoms with Crippen LogP contribution in [0.2, 0.25) is 0 Å². The summed E-state index contributed by atoms with van der Waals surface area (Å²) >= 11 is 0. The van der Waals surface area contributed by atoms with Gasteiger partial charge in [-0.05, 0) is 54.8 Å². The van der Waals surface area contributed by atoms with Crippen LogP contribution in [0.3, 0.4) is 0 Å². The summed E-state index contributed by atoms with van der Waals surface area (Å²) in [4.78, 5) is 15.6. The zero-order valence-electron chi connectivity index (χ0n) is 18.6. The molecule has 2 heterocycles. The normalized spacial score (nSPS) is 12.5. The van der Waals surface area contributed by atoms with Crippen LogP contribution in [0, 0.1) is 18.8 Å². The average molecular weight is 440 g/mol. The summed E-state index contributed by atoms with van der Waals surface area (Å²) in [5.74, 6) is 5.29. The molecule has 2 atom stereocenters. The number of carboxylic acid groups (broad SMARTS) is 1. The Labute approximate surface area is 192 Å². The lowest BCUT2D eigenvalue weighted by molar-refractivity contribution is -0.137. The number of aliphatic carboxylic acids is 1. The Morgan fingerprint density at radius 3 is 2.58 bits per heavy atom. The number of hydrogen-bond acceptors (Lipinski definition) is 4. The molecule has 0 fully saturated rings. The van der Waals surface area contributed by atoms with Crippen molar-refractivity contribution in [3.05, 3.63) is 89.4 Å². The number of aromatic nitrogens is 3. The van der Waals surface area contributed by atoms with E-state index >= 15 is 0 Å². The molecule has 4 aromatic rings. The van der Waals surface area contributed by atoms with Crippen LogP contribution in [0.5, 0.6) is 5.75 Å². The Morgan fingerprint density at radius 2 is 1.88 bits per heavy atom. The summed E-state index contributed by atoms with van der Waals surface area (Å²) in [6.07, 6.45) is 4.05. The van der Waals surface area contributed by atoms with Crippen molar-refractivity contribution >= 4 is 16.9 Å². The van der Waals surface area contributed by atoms with Gasteiger partial charge in [-0.25, -0.2) is 0 Å². The minimum absolute atomic E-state index is 0.0334. The summed E-state index contributed by atoms with van der Waals surface area (Å²) < 4.78 is 6.42. The molecular weight excluding hydrogens is 414 g/mol. The van der Waals surface area contributed by atoms with Crippen LogP contribution >= 0.6 is 0 Å². The first-order chi connectivity index (χ1) is 16.0. The van der Waals surface area contributed by atoms with E-state index in [1.165, 1.54) is 0 Å². The average Bonchev–Trinajstić information content (AvgIpc) is 3.28. The summed E-state index contributed by atoms with van der Waals surface area (Å²) in [5.41, 5.74) is 4.88. The fraction of sp³-hybridized carbons (Fsp3) is 0.222. The van der Waals surface area contributed by atoms with E-state index in [0.717, 1.165) is 33.3 Å². The van der Waals surface area contributed by atoms with Gasteiger partial charge in [-0.3, -0.25) is 14.9 Å². The number of nitrogens with zero attached hydrogens (tertiary/aromatic N) is 2. The van der Waals surface area contributed by atoms with Crippen LogP contribution < -0.4 is 4.74 Å². The Balaban J connectivity index is 1.60. The van der Waals surface area contributed by atoms with Gasteiger partial charge < -0.3 is 9.84 Å². The van der Waals surface area contributed by atoms with Crippen LogP contribution in [0.1, 0.15) is 47.8 Å². The third-order valence-electron chi connectivity index (χ3n) is 5.49. The molecule has 0 aliphatic carbocycles. The molecule has 33 heavy (non-hydrogen) atoms. The number of aromatic amines is 1. The van der Waals surface area contributed by atoms with Crippen LogP contribution in [0.25, 0.3) is 10.9 Å². The maximum atomic E-state index is 11.2. The van der Waals surface area contributed by atoms with Gasteiger partial charge in [0.05, 0.1) is 24.1 Å². The highest BCUT2D eigenvalue weighted by molar-refractivity contribution is 5.78. The Hall–Kier alpha value is -4.11. The molecule has 2 unspecified atom stereocenters. The Morgan fingerprint density at radius 1 is 1.09 bits per heavy atom. The van der Waals surface area contributed by atoms with Crippen LogP contribution in [-0.4, -0.2) is 26.3 Å². The van der Waals surface area contributed by atoms with Crippen molar-refractivity contribution in [3.63, 3.8) is 0 Å². The number of pyridine rings is 1. The maximum Gasteiger partial charge on any atom is 0.304 e. The first kappa shape index (κ1) is 22.1. The third-order valence-corrected chi connectivity index (χ3v) is 5.49. The second-order valence-corrected chi connectivity index (χ2v) is 7.95. The van der Waals surface area contributed by atoms with Crippen molar-refractivity contribution in [2.24, 2.45) is 0 Å². The molecule has 0 bridgehead atoms. The Kier molecular flexibility index (Phi) is 6.70. The number of carbonyl (C=O) groups is 1. The predicted molar refractivity (Wildman–Crippen MR) is 127 cm³/mol. The molecule has 0 amide bonds. The van der Waals surface area contributed by atoms with Crippen LogP contribution in [-0.2, 0) is 11.2 Å². The predicted octanol–water partition coefficient (Wildman–Crippen LogP) is 5.21. The second-order valence-electron chi connectivity index (χ2n) is 7.95. The van der Waals surface area contributed by atoms with Gasteiger partial charge >= 0.3 is 5.97 Å². The summed E-state index contributed by atoms with van der Waals surface area (Å²) in [6, 6.07) is 17.7. The van der Waals surface area contributed by atoms with E-state index in [1.54, 1.807) is 13.1 Å². The SMILES string of the molecule is CC#CC(CC(=O)O)c1ccc(OC(Cc2ccc(C)nc2)c2ccc3cn[nH]c3c2)cc1. The van der Waals surface area contributed by atoms with E-state index in [4.69, 9.17) is 4.74 Å². The Bertz CT molecular complexity index is 1300. The van der Waals surface area contributed by atoms with E-state index in [9.17, 15) is 9.90 Å². The molecule has 2 aromatic heterocycles. The van der Waals surface area contributed by atoms with E-state index in [-0.39, 0.29) is 18.4 Å². The molecule has 2 aromatic carbocycles.